The Labute approximate surface area is 105 Å². The van der Waals surface area contributed by atoms with Gasteiger partial charge in [-0.25, -0.2) is 0 Å². The monoisotopic (exact) mass is 287 g/mol. The molecule has 1 aromatic rings. The van der Waals surface area contributed by atoms with Crippen LogP contribution in [0.15, 0.2) is 22.7 Å². The lowest BCUT2D eigenvalue weighted by atomic mass is 10.1. The fraction of sp³-hybridized carbons (Fsp3) is 0.500. The zero-order chi connectivity index (χ0) is 12.0. The molecule has 16 heavy (non-hydrogen) atoms. The molecule has 0 aliphatic rings. The maximum Gasteiger partial charge on any atom is 0.0638 e. The van der Waals surface area contributed by atoms with Crippen LogP contribution in [0.1, 0.15) is 11.1 Å². The summed E-state index contributed by atoms with van der Waals surface area (Å²) in [6.45, 7) is 3.41. The predicted octanol–water partition coefficient (Wildman–Crippen LogP) is 1.85. The number of hydrogen-bond acceptors (Lipinski definition) is 3. The van der Waals surface area contributed by atoms with Gasteiger partial charge in [0.15, 0.2) is 0 Å². The molecular formula is C12H18BrNO2. The average molecular weight is 288 g/mol. The molecule has 1 unspecified atom stereocenters. The second kappa shape index (κ2) is 7.01. The van der Waals surface area contributed by atoms with E-state index >= 15 is 0 Å². The number of ether oxygens (including phenoxy) is 1. The molecule has 2 N–H and O–H groups in total. The molecule has 90 valence electrons. The van der Waals surface area contributed by atoms with E-state index in [4.69, 9.17) is 9.84 Å². The summed E-state index contributed by atoms with van der Waals surface area (Å²) in [5.74, 6) is 0. The van der Waals surface area contributed by atoms with E-state index in [1.165, 1.54) is 11.1 Å². The van der Waals surface area contributed by atoms with E-state index in [1.54, 1.807) is 7.11 Å². The van der Waals surface area contributed by atoms with Gasteiger partial charge in [-0.05, 0) is 24.1 Å². The van der Waals surface area contributed by atoms with Crippen LogP contribution >= 0.6 is 15.9 Å². The molecule has 1 rings (SSSR count). The molecule has 1 aromatic carbocycles. The van der Waals surface area contributed by atoms with Gasteiger partial charge in [-0.15, -0.1) is 0 Å². The summed E-state index contributed by atoms with van der Waals surface area (Å²) in [4.78, 5) is 0. The molecule has 0 saturated heterocycles. The zero-order valence-corrected chi connectivity index (χ0v) is 11.3. The predicted molar refractivity (Wildman–Crippen MR) is 68.5 cm³/mol. The normalized spacial score (nSPS) is 12.8. The Balaban J connectivity index is 2.50. The molecule has 3 nitrogen and oxygen atoms in total. The van der Waals surface area contributed by atoms with Crippen molar-refractivity contribution in [2.45, 2.75) is 19.5 Å². The van der Waals surface area contributed by atoms with Crippen molar-refractivity contribution in [3.05, 3.63) is 33.8 Å². The first-order chi connectivity index (χ1) is 7.67. The lowest BCUT2D eigenvalue weighted by Gasteiger charge is -2.15. The van der Waals surface area contributed by atoms with Crippen LogP contribution in [0.3, 0.4) is 0 Å². The highest BCUT2D eigenvalue weighted by Crippen LogP contribution is 2.16. The van der Waals surface area contributed by atoms with Gasteiger partial charge in [0.1, 0.15) is 0 Å². The van der Waals surface area contributed by atoms with Crippen LogP contribution in [0.25, 0.3) is 0 Å². The van der Waals surface area contributed by atoms with Crippen molar-refractivity contribution in [2.75, 3.05) is 20.3 Å². The van der Waals surface area contributed by atoms with Crippen molar-refractivity contribution in [2.24, 2.45) is 0 Å². The first kappa shape index (κ1) is 13.6. The Hall–Kier alpha value is -0.420. The van der Waals surface area contributed by atoms with E-state index in [9.17, 15) is 0 Å². The fourth-order valence-corrected chi connectivity index (χ4v) is 1.70. The van der Waals surface area contributed by atoms with Gasteiger partial charge in [-0.1, -0.05) is 28.1 Å². The average Bonchev–Trinajstić information content (AvgIpc) is 2.28. The summed E-state index contributed by atoms with van der Waals surface area (Å²) in [6, 6.07) is 6.22. The maximum absolute atomic E-state index is 9.08. The number of nitrogens with one attached hydrogen (secondary N) is 1. The summed E-state index contributed by atoms with van der Waals surface area (Å²) < 4.78 is 6.11. The molecule has 0 aromatic heterocycles. The molecule has 0 radical (unpaired) electrons. The number of aryl methyl sites for hydroxylation is 1. The summed E-state index contributed by atoms with van der Waals surface area (Å²) in [5, 5.41) is 12.3. The molecule has 0 saturated carbocycles. The van der Waals surface area contributed by atoms with Crippen LogP contribution in [-0.2, 0) is 11.3 Å². The molecule has 0 spiro atoms. The SMILES string of the molecule is COCC(CO)NCc1ccc(Br)c(C)c1. The van der Waals surface area contributed by atoms with Gasteiger partial charge in [-0.3, -0.25) is 0 Å². The molecule has 0 amide bonds. The number of methoxy groups -OCH3 is 1. The van der Waals surface area contributed by atoms with Gasteiger partial charge in [-0.2, -0.15) is 0 Å². The van der Waals surface area contributed by atoms with Crippen LogP contribution in [0.2, 0.25) is 0 Å². The third-order valence-corrected chi connectivity index (χ3v) is 3.30. The van der Waals surface area contributed by atoms with E-state index in [2.05, 4.69) is 40.3 Å². The molecular weight excluding hydrogens is 270 g/mol. The van der Waals surface area contributed by atoms with E-state index in [0.29, 0.717) is 6.61 Å². The topological polar surface area (TPSA) is 41.5 Å². The van der Waals surface area contributed by atoms with Crippen LogP contribution in [0.4, 0.5) is 0 Å². The van der Waals surface area contributed by atoms with E-state index in [-0.39, 0.29) is 12.6 Å². The lowest BCUT2D eigenvalue weighted by molar-refractivity contribution is 0.128. The van der Waals surface area contributed by atoms with Crippen LogP contribution in [-0.4, -0.2) is 31.5 Å². The molecule has 0 aliphatic carbocycles. The van der Waals surface area contributed by atoms with Gasteiger partial charge in [0, 0.05) is 18.1 Å². The first-order valence-electron chi connectivity index (χ1n) is 5.25. The minimum atomic E-state index is -0.00560. The minimum Gasteiger partial charge on any atom is -0.395 e. The zero-order valence-electron chi connectivity index (χ0n) is 9.66. The minimum absolute atomic E-state index is 0.00560. The maximum atomic E-state index is 9.08. The molecule has 0 fully saturated rings. The third-order valence-electron chi connectivity index (χ3n) is 2.41. The summed E-state index contributed by atoms with van der Waals surface area (Å²) in [6.07, 6.45) is 0. The highest BCUT2D eigenvalue weighted by atomic mass is 79.9. The molecule has 0 bridgehead atoms. The number of aliphatic hydroxyl groups is 1. The van der Waals surface area contributed by atoms with Crippen LogP contribution in [0, 0.1) is 6.92 Å². The van der Waals surface area contributed by atoms with Crippen molar-refractivity contribution >= 4 is 15.9 Å². The summed E-state index contributed by atoms with van der Waals surface area (Å²) in [5.41, 5.74) is 2.42. The highest BCUT2D eigenvalue weighted by Gasteiger charge is 2.06. The third kappa shape index (κ3) is 4.22. The number of benzene rings is 1. The van der Waals surface area contributed by atoms with Crippen LogP contribution < -0.4 is 5.32 Å². The second-order valence-corrected chi connectivity index (χ2v) is 4.65. The molecule has 0 heterocycles. The van der Waals surface area contributed by atoms with Crippen molar-refractivity contribution < 1.29 is 9.84 Å². The van der Waals surface area contributed by atoms with Crippen LogP contribution in [0.5, 0.6) is 0 Å². The Morgan fingerprint density at radius 1 is 1.50 bits per heavy atom. The second-order valence-electron chi connectivity index (χ2n) is 3.80. The quantitative estimate of drug-likeness (QED) is 0.839. The van der Waals surface area contributed by atoms with Gasteiger partial charge >= 0.3 is 0 Å². The van der Waals surface area contributed by atoms with Gasteiger partial charge in [0.2, 0.25) is 0 Å². The Bertz CT molecular complexity index is 331. The van der Waals surface area contributed by atoms with E-state index < -0.39 is 0 Å². The smallest absolute Gasteiger partial charge is 0.0638 e. The first-order valence-corrected chi connectivity index (χ1v) is 6.05. The number of rotatable bonds is 6. The van der Waals surface area contributed by atoms with E-state index in [0.717, 1.165) is 11.0 Å². The van der Waals surface area contributed by atoms with E-state index in [1.807, 2.05) is 6.07 Å². The summed E-state index contributed by atoms with van der Waals surface area (Å²) >= 11 is 3.47. The summed E-state index contributed by atoms with van der Waals surface area (Å²) in [7, 11) is 1.63. The Morgan fingerprint density at radius 3 is 2.81 bits per heavy atom. The molecule has 1 atom stereocenters. The van der Waals surface area contributed by atoms with Crippen molar-refractivity contribution in [1.29, 1.82) is 0 Å². The van der Waals surface area contributed by atoms with Crippen molar-refractivity contribution in [3.63, 3.8) is 0 Å². The lowest BCUT2D eigenvalue weighted by Crippen LogP contribution is -2.35. The largest absolute Gasteiger partial charge is 0.395 e. The van der Waals surface area contributed by atoms with Gasteiger partial charge < -0.3 is 15.2 Å². The molecule has 4 heteroatoms. The van der Waals surface area contributed by atoms with Gasteiger partial charge in [0.05, 0.1) is 19.3 Å². The van der Waals surface area contributed by atoms with Gasteiger partial charge in [0.25, 0.3) is 0 Å². The number of hydrogen-bond donors (Lipinski definition) is 2. The van der Waals surface area contributed by atoms with Crippen molar-refractivity contribution in [1.82, 2.24) is 5.32 Å². The number of aliphatic hydroxyl groups excluding tert-OH is 1. The number of halogens is 1. The standard InChI is InChI=1S/C12H18BrNO2/c1-9-5-10(3-4-12(9)13)6-14-11(7-15)8-16-2/h3-5,11,14-15H,6-8H2,1-2H3. The Kier molecular flexibility index (Phi) is 5.98. The fourth-order valence-electron chi connectivity index (χ4n) is 1.46. The molecule has 0 aliphatic heterocycles. The Morgan fingerprint density at radius 2 is 2.25 bits per heavy atom. The highest BCUT2D eigenvalue weighted by molar-refractivity contribution is 9.10. The van der Waals surface area contributed by atoms with Crippen molar-refractivity contribution in [3.8, 4) is 0 Å².